The first-order valence-electron chi connectivity index (χ1n) is 14.3. The third-order valence-corrected chi connectivity index (χ3v) is 11.0. The Labute approximate surface area is 240 Å². The SMILES string of the molecule is COc1ccc2c(n1)C1(CCOCC1)CN2c1ncc(C(=O)NC2(C(=O)O)CC3CC4CC2CC43C)c(C(F)(F)F)n1. The Balaban J connectivity index is 1.24. The maximum absolute atomic E-state index is 14.5. The second kappa shape index (κ2) is 9.01. The number of carboxylic acids is 1. The quantitative estimate of drug-likeness (QED) is 0.532. The number of nitrogens with one attached hydrogen (secondary N) is 1. The van der Waals surface area contributed by atoms with Gasteiger partial charge in [0.25, 0.3) is 5.91 Å². The molecule has 1 amide bonds. The monoisotopic (exact) mass is 587 g/mol. The lowest BCUT2D eigenvalue weighted by Gasteiger charge is -2.55. The fourth-order valence-corrected chi connectivity index (χ4v) is 8.54. The van der Waals surface area contributed by atoms with Crippen molar-refractivity contribution in [1.29, 1.82) is 0 Å². The van der Waals surface area contributed by atoms with Crippen LogP contribution in [0, 0.1) is 23.2 Å². The van der Waals surface area contributed by atoms with Gasteiger partial charge in [-0.3, -0.25) is 4.79 Å². The van der Waals surface area contributed by atoms with E-state index in [9.17, 15) is 27.9 Å². The van der Waals surface area contributed by atoms with Gasteiger partial charge in [0.1, 0.15) is 5.54 Å². The standard InChI is InChI=1S/C29H32F3N5O5/c1-26-11-17-10-15(26)9-16(26)12-28(17,24(39)40)36-23(38)18-13-33-25(35-21(18)29(30,31)32)37-14-27(5-7-42-8-6-27)22-19(37)3-4-20(34-22)41-2/h3-4,13,15-17H,5-12,14H2,1-2H3,(H,36,38)(H,39,40). The van der Waals surface area contributed by atoms with Gasteiger partial charge in [0, 0.05) is 37.4 Å². The number of ether oxygens (including phenoxy) is 2. The van der Waals surface area contributed by atoms with Gasteiger partial charge in [0.2, 0.25) is 11.8 Å². The van der Waals surface area contributed by atoms with Crippen LogP contribution >= 0.6 is 0 Å². The second-order valence-corrected chi connectivity index (χ2v) is 12.8. The van der Waals surface area contributed by atoms with Gasteiger partial charge in [-0.2, -0.15) is 13.2 Å². The average Bonchev–Trinajstić information content (AvgIpc) is 3.29. The zero-order valence-electron chi connectivity index (χ0n) is 23.3. The molecule has 224 valence electrons. The summed E-state index contributed by atoms with van der Waals surface area (Å²) in [6.07, 6.45) is -0.530. The van der Waals surface area contributed by atoms with Gasteiger partial charge in [0.15, 0.2) is 5.69 Å². The Hall–Kier alpha value is -3.48. The molecule has 42 heavy (non-hydrogen) atoms. The number of nitrogens with zero attached hydrogens (tertiary/aromatic N) is 4. The van der Waals surface area contributed by atoms with E-state index < -0.39 is 40.3 Å². The highest BCUT2D eigenvalue weighted by Gasteiger charge is 2.68. The molecule has 4 heterocycles. The highest BCUT2D eigenvalue weighted by molar-refractivity contribution is 5.99. The van der Waals surface area contributed by atoms with Gasteiger partial charge in [-0.25, -0.2) is 19.7 Å². The zero-order chi connectivity index (χ0) is 29.7. The van der Waals surface area contributed by atoms with Crippen molar-refractivity contribution >= 4 is 23.5 Å². The van der Waals surface area contributed by atoms with Crippen molar-refractivity contribution in [3.05, 3.63) is 35.3 Å². The first-order valence-corrected chi connectivity index (χ1v) is 14.3. The number of hydrogen-bond donors (Lipinski definition) is 2. The van der Waals surface area contributed by atoms with Gasteiger partial charge in [0.05, 0.1) is 24.1 Å². The molecule has 0 aromatic carbocycles. The number of pyridine rings is 1. The average molecular weight is 588 g/mol. The number of rotatable bonds is 5. The molecule has 13 heteroatoms. The first-order chi connectivity index (χ1) is 19.9. The minimum absolute atomic E-state index is 0.0446. The van der Waals surface area contributed by atoms with E-state index in [0.29, 0.717) is 68.6 Å². The molecule has 4 fully saturated rings. The smallest absolute Gasteiger partial charge is 0.434 e. The summed E-state index contributed by atoms with van der Waals surface area (Å²) in [4.78, 5) is 40.5. The summed E-state index contributed by atoms with van der Waals surface area (Å²) in [5, 5.41) is 12.9. The van der Waals surface area contributed by atoms with Crippen LogP contribution in [0.2, 0.25) is 0 Å². The molecule has 2 N–H and O–H groups in total. The normalized spacial score (nSPS) is 32.3. The lowest BCUT2D eigenvalue weighted by molar-refractivity contribution is -0.152. The van der Waals surface area contributed by atoms with Crippen molar-refractivity contribution in [2.75, 3.05) is 31.8 Å². The van der Waals surface area contributed by atoms with Gasteiger partial charge < -0.3 is 24.8 Å². The molecule has 5 aliphatic rings. The molecular formula is C29H32F3N5O5. The molecule has 3 aliphatic carbocycles. The van der Waals surface area contributed by atoms with E-state index in [2.05, 4.69) is 27.2 Å². The molecule has 1 saturated heterocycles. The molecule has 1 spiro atoms. The van der Waals surface area contributed by atoms with E-state index >= 15 is 0 Å². The van der Waals surface area contributed by atoms with E-state index in [1.54, 1.807) is 17.0 Å². The maximum atomic E-state index is 14.5. The molecule has 0 radical (unpaired) electrons. The van der Waals surface area contributed by atoms with Crippen molar-refractivity contribution in [2.24, 2.45) is 23.2 Å². The number of amides is 1. The predicted molar refractivity (Wildman–Crippen MR) is 141 cm³/mol. The molecule has 2 aliphatic heterocycles. The summed E-state index contributed by atoms with van der Waals surface area (Å²) in [5.41, 5.74) is -3.00. The summed E-state index contributed by atoms with van der Waals surface area (Å²) in [5.74, 6) is -2.01. The number of fused-ring (bicyclic) bond motifs is 3. The van der Waals surface area contributed by atoms with Crippen LogP contribution < -0.4 is 15.0 Å². The number of halogens is 3. The third-order valence-electron chi connectivity index (χ3n) is 11.0. The van der Waals surface area contributed by atoms with E-state index in [4.69, 9.17) is 9.47 Å². The topological polar surface area (TPSA) is 127 Å². The number of aromatic nitrogens is 3. The van der Waals surface area contributed by atoms with Crippen LogP contribution in [-0.4, -0.2) is 64.3 Å². The number of carboxylic acid groups (broad SMARTS) is 1. The molecule has 10 nitrogen and oxygen atoms in total. The Kier molecular flexibility index (Phi) is 5.87. The number of methoxy groups -OCH3 is 1. The zero-order valence-corrected chi connectivity index (χ0v) is 23.3. The molecule has 2 bridgehead atoms. The lowest BCUT2D eigenvalue weighted by atomic mass is 9.50. The van der Waals surface area contributed by atoms with Crippen molar-refractivity contribution < 1.29 is 37.3 Å². The van der Waals surface area contributed by atoms with Crippen LogP contribution in [0.4, 0.5) is 24.8 Å². The molecule has 7 rings (SSSR count). The van der Waals surface area contributed by atoms with E-state index in [-0.39, 0.29) is 29.6 Å². The fraction of sp³-hybridized carbons (Fsp3) is 0.621. The van der Waals surface area contributed by atoms with Gasteiger partial charge >= 0.3 is 12.1 Å². The molecule has 2 aromatic heterocycles. The number of carbonyl (C=O) groups excluding carboxylic acids is 1. The lowest BCUT2D eigenvalue weighted by Crippen LogP contribution is -2.63. The van der Waals surface area contributed by atoms with Gasteiger partial charge in [-0.1, -0.05) is 6.92 Å². The Morgan fingerprint density at radius 2 is 1.86 bits per heavy atom. The fourth-order valence-electron chi connectivity index (χ4n) is 8.54. The van der Waals surface area contributed by atoms with Crippen LogP contribution in [0.1, 0.15) is 67.2 Å². The highest BCUT2D eigenvalue weighted by atomic mass is 19.4. The van der Waals surface area contributed by atoms with E-state index in [1.807, 2.05) is 0 Å². The van der Waals surface area contributed by atoms with Crippen molar-refractivity contribution in [1.82, 2.24) is 20.3 Å². The summed E-state index contributed by atoms with van der Waals surface area (Å²) in [7, 11) is 1.50. The van der Waals surface area contributed by atoms with Crippen molar-refractivity contribution in [3.8, 4) is 5.88 Å². The number of alkyl halides is 3. The Bertz CT molecular complexity index is 1480. The summed E-state index contributed by atoms with van der Waals surface area (Å²) < 4.78 is 54.3. The van der Waals surface area contributed by atoms with E-state index in [1.165, 1.54) is 7.11 Å². The summed E-state index contributed by atoms with van der Waals surface area (Å²) in [6.45, 7) is 3.40. The van der Waals surface area contributed by atoms with Crippen molar-refractivity contribution in [3.63, 3.8) is 0 Å². The van der Waals surface area contributed by atoms with E-state index in [0.717, 1.165) is 12.6 Å². The number of hydrogen-bond acceptors (Lipinski definition) is 8. The largest absolute Gasteiger partial charge is 0.481 e. The Morgan fingerprint density at radius 3 is 2.55 bits per heavy atom. The summed E-state index contributed by atoms with van der Waals surface area (Å²) in [6, 6.07) is 3.35. The second-order valence-electron chi connectivity index (χ2n) is 12.8. The Morgan fingerprint density at radius 1 is 1.12 bits per heavy atom. The van der Waals surface area contributed by atoms with Crippen LogP contribution in [0.15, 0.2) is 18.3 Å². The first kappa shape index (κ1) is 27.4. The van der Waals surface area contributed by atoms with Gasteiger partial charge in [-0.15, -0.1) is 0 Å². The summed E-state index contributed by atoms with van der Waals surface area (Å²) >= 11 is 0. The molecular weight excluding hydrogens is 555 g/mol. The number of aliphatic carboxylic acids is 1. The number of carbonyl (C=O) groups is 2. The predicted octanol–water partition coefficient (Wildman–Crippen LogP) is 4.11. The van der Waals surface area contributed by atoms with Gasteiger partial charge in [-0.05, 0) is 67.8 Å². The minimum atomic E-state index is -4.99. The molecule has 5 atom stereocenters. The third kappa shape index (κ3) is 3.77. The minimum Gasteiger partial charge on any atom is -0.481 e. The number of anilines is 2. The van der Waals surface area contributed by atoms with Crippen LogP contribution in [0.25, 0.3) is 0 Å². The molecule has 2 aromatic rings. The highest BCUT2D eigenvalue weighted by Crippen LogP contribution is 2.70. The molecule has 5 unspecified atom stereocenters. The molecule has 3 saturated carbocycles. The van der Waals surface area contributed by atoms with Crippen LogP contribution in [0.5, 0.6) is 5.88 Å². The van der Waals surface area contributed by atoms with Crippen LogP contribution in [-0.2, 0) is 21.1 Å². The van der Waals surface area contributed by atoms with Crippen LogP contribution in [0.3, 0.4) is 0 Å². The maximum Gasteiger partial charge on any atom is 0.434 e. The van der Waals surface area contributed by atoms with Crippen molar-refractivity contribution in [2.45, 2.75) is 62.6 Å².